The van der Waals surface area contributed by atoms with Crippen molar-refractivity contribution in [2.45, 2.75) is 90.1 Å². The van der Waals surface area contributed by atoms with Crippen molar-refractivity contribution in [2.24, 2.45) is 0 Å². The molecule has 1 aromatic rings. The topological polar surface area (TPSA) is 88.7 Å². The van der Waals surface area contributed by atoms with E-state index < -0.39 is 8.32 Å². The number of methoxy groups -OCH3 is 1. The van der Waals surface area contributed by atoms with Crippen LogP contribution in [0.4, 0.5) is 5.69 Å². The minimum atomic E-state index is -1.79. The summed E-state index contributed by atoms with van der Waals surface area (Å²) < 4.78 is 19.1. The second-order valence-electron chi connectivity index (χ2n) is 9.42. The third-order valence-electron chi connectivity index (χ3n) is 6.39. The Balaban J connectivity index is 1.97. The molecule has 0 aromatic carbocycles. The molecule has 1 fully saturated rings. The van der Waals surface area contributed by atoms with Crippen molar-refractivity contribution in [3.8, 4) is 5.88 Å². The Hall–Kier alpha value is -1.45. The maximum absolute atomic E-state index is 11.6. The normalized spacial score (nSPS) is 20.7. The summed E-state index contributed by atoms with van der Waals surface area (Å²) in [6, 6.07) is 0.152. The highest BCUT2D eigenvalue weighted by atomic mass is 28.4. The van der Waals surface area contributed by atoms with Crippen LogP contribution >= 0.6 is 0 Å². The van der Waals surface area contributed by atoms with Crippen molar-refractivity contribution >= 4 is 14.0 Å². The highest BCUT2D eigenvalue weighted by molar-refractivity contribution is 6.74. The van der Waals surface area contributed by atoms with Crippen LogP contribution in [0.1, 0.15) is 64.6 Å². The lowest BCUT2D eigenvalue weighted by molar-refractivity contribution is -0.386. The van der Waals surface area contributed by atoms with Crippen LogP contribution < -0.4 is 4.74 Å². The lowest BCUT2D eigenvalue weighted by atomic mass is 9.93. The molecule has 0 bridgehead atoms. The van der Waals surface area contributed by atoms with Gasteiger partial charge >= 0.3 is 11.6 Å². The van der Waals surface area contributed by atoms with Gasteiger partial charge in [0.1, 0.15) is 5.69 Å². The van der Waals surface area contributed by atoms with Gasteiger partial charge in [0.05, 0.1) is 23.7 Å². The SMILES string of the molecule is CO[C@H]1CC[C@H](n2nc(OCCCO[Si](C)(C)C(C)(C)C)c([N+](=O)[O-])c2C)CC1. The van der Waals surface area contributed by atoms with Crippen molar-refractivity contribution < 1.29 is 18.8 Å². The summed E-state index contributed by atoms with van der Waals surface area (Å²) >= 11 is 0. The minimum absolute atomic E-state index is 0.0239. The number of ether oxygens (including phenoxy) is 2. The average Bonchev–Trinajstić information content (AvgIpc) is 2.97. The van der Waals surface area contributed by atoms with E-state index in [1.165, 1.54) is 0 Å². The maximum Gasteiger partial charge on any atom is 0.352 e. The van der Waals surface area contributed by atoms with E-state index in [0.717, 1.165) is 25.7 Å². The molecule has 0 saturated heterocycles. The highest BCUT2D eigenvalue weighted by Gasteiger charge is 2.37. The van der Waals surface area contributed by atoms with Crippen molar-refractivity contribution in [3.63, 3.8) is 0 Å². The first-order valence-electron chi connectivity index (χ1n) is 10.5. The number of aromatic nitrogens is 2. The quantitative estimate of drug-likeness (QED) is 0.238. The first-order valence-corrected chi connectivity index (χ1v) is 13.4. The van der Waals surface area contributed by atoms with Crippen LogP contribution in [0.2, 0.25) is 18.1 Å². The Kier molecular flexibility index (Phi) is 7.86. The van der Waals surface area contributed by atoms with Crippen molar-refractivity contribution in [2.75, 3.05) is 20.3 Å². The summed E-state index contributed by atoms with van der Waals surface area (Å²) in [6.45, 7) is 13.7. The number of nitrogens with zero attached hydrogens (tertiary/aromatic N) is 3. The monoisotopic (exact) mass is 427 g/mol. The van der Waals surface area contributed by atoms with Crippen LogP contribution in [-0.2, 0) is 9.16 Å². The van der Waals surface area contributed by atoms with Gasteiger partial charge in [-0.25, -0.2) is 0 Å². The summed E-state index contributed by atoms with van der Waals surface area (Å²) in [7, 11) is -0.0612. The molecule has 1 saturated carbocycles. The predicted octanol–water partition coefficient (Wildman–Crippen LogP) is 5.02. The molecule has 1 aliphatic carbocycles. The molecule has 0 amide bonds. The second-order valence-corrected chi connectivity index (χ2v) is 14.2. The lowest BCUT2D eigenvalue weighted by Gasteiger charge is -2.36. The average molecular weight is 428 g/mol. The Labute approximate surface area is 175 Å². The zero-order chi connectivity index (χ0) is 21.8. The van der Waals surface area contributed by atoms with Crippen LogP contribution in [0.25, 0.3) is 0 Å². The molecule has 8 nitrogen and oxygen atoms in total. The molecule has 0 unspecified atom stereocenters. The van der Waals surface area contributed by atoms with E-state index in [2.05, 4.69) is 39.0 Å². The van der Waals surface area contributed by atoms with Gasteiger partial charge in [0.15, 0.2) is 8.32 Å². The molecule has 2 rings (SSSR count). The van der Waals surface area contributed by atoms with Crippen LogP contribution in [0, 0.1) is 17.0 Å². The van der Waals surface area contributed by atoms with Gasteiger partial charge < -0.3 is 13.9 Å². The molecule has 0 N–H and O–H groups in total. The first-order chi connectivity index (χ1) is 13.5. The maximum atomic E-state index is 11.6. The Morgan fingerprint density at radius 1 is 1.21 bits per heavy atom. The minimum Gasteiger partial charge on any atom is -0.472 e. The van der Waals surface area contributed by atoms with E-state index in [4.69, 9.17) is 13.9 Å². The molecule has 1 aromatic heterocycles. The molecule has 166 valence electrons. The molecule has 9 heteroatoms. The van der Waals surface area contributed by atoms with Gasteiger partial charge in [0.25, 0.3) is 0 Å². The van der Waals surface area contributed by atoms with Crippen LogP contribution in [0.15, 0.2) is 0 Å². The standard InChI is InChI=1S/C20H37N3O5Si/c1-15-18(23(24)25)19(21-22(15)16-9-11-17(26-5)12-10-16)27-13-8-14-28-29(6,7)20(2,3)4/h16-17H,8-14H2,1-7H3/t16-,17-. The smallest absolute Gasteiger partial charge is 0.352 e. The van der Waals surface area contributed by atoms with Gasteiger partial charge in [-0.2, -0.15) is 0 Å². The molecule has 1 heterocycles. The zero-order valence-electron chi connectivity index (χ0n) is 19.0. The number of hydrogen-bond acceptors (Lipinski definition) is 6. The Morgan fingerprint density at radius 3 is 2.34 bits per heavy atom. The van der Waals surface area contributed by atoms with Crippen LogP contribution in [0.3, 0.4) is 0 Å². The third-order valence-corrected chi connectivity index (χ3v) is 10.9. The molecular formula is C20H37N3O5Si. The van der Waals surface area contributed by atoms with Gasteiger partial charge in [-0.1, -0.05) is 20.8 Å². The van der Waals surface area contributed by atoms with Crippen LogP contribution in [0.5, 0.6) is 5.88 Å². The van der Waals surface area contributed by atoms with Gasteiger partial charge in [-0.15, -0.1) is 5.10 Å². The summed E-state index contributed by atoms with van der Waals surface area (Å²) in [4.78, 5) is 11.2. The highest BCUT2D eigenvalue weighted by Crippen LogP contribution is 2.38. The molecule has 29 heavy (non-hydrogen) atoms. The predicted molar refractivity (Wildman–Crippen MR) is 115 cm³/mol. The van der Waals surface area contributed by atoms with Crippen molar-refractivity contribution in [1.82, 2.24) is 9.78 Å². The Morgan fingerprint density at radius 2 is 1.83 bits per heavy atom. The molecular weight excluding hydrogens is 390 g/mol. The van der Waals surface area contributed by atoms with E-state index in [1.54, 1.807) is 18.7 Å². The van der Waals surface area contributed by atoms with E-state index in [9.17, 15) is 10.1 Å². The summed E-state index contributed by atoms with van der Waals surface area (Å²) in [5.41, 5.74) is 0.535. The largest absolute Gasteiger partial charge is 0.472 e. The van der Waals surface area contributed by atoms with E-state index in [0.29, 0.717) is 25.3 Å². The summed E-state index contributed by atoms with van der Waals surface area (Å²) in [6.07, 6.45) is 4.63. The fourth-order valence-electron chi connectivity index (χ4n) is 3.44. The first kappa shape index (κ1) is 23.8. The van der Waals surface area contributed by atoms with E-state index in [1.807, 2.05) is 0 Å². The summed E-state index contributed by atoms with van der Waals surface area (Å²) in [5, 5.41) is 16.2. The molecule has 0 spiro atoms. The fraction of sp³-hybridized carbons (Fsp3) is 0.850. The lowest BCUT2D eigenvalue weighted by Crippen LogP contribution is -2.41. The van der Waals surface area contributed by atoms with Gasteiger partial charge in [-0.05, 0) is 50.7 Å². The van der Waals surface area contributed by atoms with Gasteiger partial charge in [-0.3, -0.25) is 14.8 Å². The molecule has 0 aliphatic heterocycles. The Bertz CT molecular complexity index is 691. The van der Waals surface area contributed by atoms with Crippen molar-refractivity contribution in [1.29, 1.82) is 0 Å². The molecule has 0 atom stereocenters. The third kappa shape index (κ3) is 5.79. The van der Waals surface area contributed by atoms with Gasteiger partial charge in [0.2, 0.25) is 0 Å². The fourth-order valence-corrected chi connectivity index (χ4v) is 4.53. The number of rotatable bonds is 9. The number of nitro groups is 1. The van der Waals surface area contributed by atoms with E-state index in [-0.39, 0.29) is 33.7 Å². The van der Waals surface area contributed by atoms with E-state index >= 15 is 0 Å². The molecule has 1 aliphatic rings. The summed E-state index contributed by atoms with van der Waals surface area (Å²) in [5.74, 6) is 0.119. The molecule has 0 radical (unpaired) electrons. The zero-order valence-corrected chi connectivity index (χ0v) is 20.0. The number of hydrogen-bond donors (Lipinski definition) is 0. The van der Waals surface area contributed by atoms with Crippen molar-refractivity contribution in [3.05, 3.63) is 15.8 Å². The van der Waals surface area contributed by atoms with Crippen LogP contribution in [-0.4, -0.2) is 49.4 Å². The van der Waals surface area contributed by atoms with Gasteiger partial charge in [0, 0.05) is 20.1 Å². The second kappa shape index (κ2) is 9.57.